The number of aromatic nitrogens is 3. The summed E-state index contributed by atoms with van der Waals surface area (Å²) in [6, 6.07) is 31.4. The fourth-order valence-electron chi connectivity index (χ4n) is 5.97. The number of nitrogens with zero attached hydrogens (tertiary/aromatic N) is 3. The van der Waals surface area contributed by atoms with Crippen molar-refractivity contribution < 1.29 is 5.11 Å². The zero-order valence-electron chi connectivity index (χ0n) is 21.6. The van der Waals surface area contributed by atoms with E-state index in [1.165, 1.54) is 5.56 Å². The van der Waals surface area contributed by atoms with Gasteiger partial charge in [0.25, 0.3) is 0 Å². The van der Waals surface area contributed by atoms with Crippen LogP contribution < -0.4 is 5.49 Å². The Morgan fingerprint density at radius 3 is 2.13 bits per heavy atom. The van der Waals surface area contributed by atoms with Crippen molar-refractivity contribution in [1.29, 1.82) is 5.41 Å². The van der Waals surface area contributed by atoms with Crippen molar-refractivity contribution in [3.63, 3.8) is 0 Å². The Balaban J connectivity index is 1.57. The summed E-state index contributed by atoms with van der Waals surface area (Å²) in [6.07, 6.45) is 6.42. The average Bonchev–Trinajstić information content (AvgIpc) is 3.31. The highest BCUT2D eigenvalue weighted by Crippen LogP contribution is 2.39. The van der Waals surface area contributed by atoms with Crippen molar-refractivity contribution in [3.05, 3.63) is 108 Å². The molecular weight excluding hydrogens is 468 g/mol. The monoisotopic (exact) mass is 502 g/mol. The molecule has 1 fully saturated rings. The van der Waals surface area contributed by atoms with Gasteiger partial charge < -0.3 is 14.2 Å². The molecule has 0 spiro atoms. The molecule has 0 amide bonds. The first kappa shape index (κ1) is 24.4. The Kier molecular flexibility index (Phi) is 6.93. The number of benzene rings is 3. The molecule has 0 bridgehead atoms. The lowest BCUT2D eigenvalue weighted by Gasteiger charge is -2.28. The van der Waals surface area contributed by atoms with Crippen molar-refractivity contribution in [3.8, 4) is 22.4 Å². The van der Waals surface area contributed by atoms with E-state index in [2.05, 4.69) is 77.4 Å². The van der Waals surface area contributed by atoms with Crippen LogP contribution in [-0.2, 0) is 19.5 Å². The van der Waals surface area contributed by atoms with Crippen molar-refractivity contribution in [2.45, 2.75) is 51.3 Å². The summed E-state index contributed by atoms with van der Waals surface area (Å²) < 4.78 is 4.25. The molecule has 1 aliphatic rings. The molecule has 1 saturated carbocycles. The Hall–Kier alpha value is -3.96. The van der Waals surface area contributed by atoms with Gasteiger partial charge in [0.05, 0.1) is 23.5 Å². The SMILES string of the molecule is N=c1c2c(-c3ccccc3)c(-c3ccccc3)n(CCc3ccccc3)c2ncn1C[C@@H]1CCCC[C@H]1O. The van der Waals surface area contributed by atoms with Gasteiger partial charge in [-0.25, -0.2) is 4.98 Å². The van der Waals surface area contributed by atoms with Crippen LogP contribution in [0.25, 0.3) is 33.4 Å². The number of rotatable bonds is 7. The smallest absolute Gasteiger partial charge is 0.146 e. The molecule has 0 saturated heterocycles. The highest BCUT2D eigenvalue weighted by molar-refractivity contribution is 6.02. The van der Waals surface area contributed by atoms with Crippen molar-refractivity contribution in [1.82, 2.24) is 14.1 Å². The summed E-state index contributed by atoms with van der Waals surface area (Å²) in [6.45, 7) is 1.38. The summed E-state index contributed by atoms with van der Waals surface area (Å²) >= 11 is 0. The molecule has 2 aromatic heterocycles. The van der Waals surface area contributed by atoms with E-state index in [-0.39, 0.29) is 12.0 Å². The number of nitrogens with one attached hydrogen (secondary N) is 1. The van der Waals surface area contributed by atoms with Gasteiger partial charge in [0.15, 0.2) is 0 Å². The summed E-state index contributed by atoms with van der Waals surface area (Å²) in [7, 11) is 0. The van der Waals surface area contributed by atoms with Crippen LogP contribution in [0, 0.1) is 11.3 Å². The third-order valence-corrected chi connectivity index (χ3v) is 7.96. The van der Waals surface area contributed by atoms with Crippen LogP contribution in [-0.4, -0.2) is 25.3 Å². The number of aryl methyl sites for hydroxylation is 2. The minimum absolute atomic E-state index is 0.158. The van der Waals surface area contributed by atoms with Crippen LogP contribution >= 0.6 is 0 Å². The zero-order valence-corrected chi connectivity index (χ0v) is 21.6. The van der Waals surface area contributed by atoms with E-state index in [1.54, 1.807) is 0 Å². The summed E-state index contributed by atoms with van der Waals surface area (Å²) in [5.74, 6) is 0.158. The van der Waals surface area contributed by atoms with E-state index >= 15 is 0 Å². The van der Waals surface area contributed by atoms with E-state index in [1.807, 2.05) is 29.1 Å². The quantitative estimate of drug-likeness (QED) is 0.269. The van der Waals surface area contributed by atoms with E-state index < -0.39 is 0 Å². The molecule has 38 heavy (non-hydrogen) atoms. The second-order valence-electron chi connectivity index (χ2n) is 10.4. The molecule has 5 heteroatoms. The molecule has 5 aromatic rings. The topological polar surface area (TPSA) is 66.8 Å². The number of fused-ring (bicyclic) bond motifs is 1. The predicted molar refractivity (Wildman–Crippen MR) is 153 cm³/mol. The predicted octanol–water partition coefficient (Wildman–Crippen LogP) is 6.45. The molecule has 2 heterocycles. The Bertz CT molecular complexity index is 1570. The first-order valence-electron chi connectivity index (χ1n) is 13.7. The van der Waals surface area contributed by atoms with Gasteiger partial charge in [-0.3, -0.25) is 5.41 Å². The molecule has 6 rings (SSSR count). The van der Waals surface area contributed by atoms with Gasteiger partial charge in [0.2, 0.25) is 0 Å². The molecular formula is C33H34N4O. The maximum atomic E-state index is 10.6. The molecule has 192 valence electrons. The largest absolute Gasteiger partial charge is 0.393 e. The van der Waals surface area contributed by atoms with Gasteiger partial charge >= 0.3 is 0 Å². The second-order valence-corrected chi connectivity index (χ2v) is 10.4. The minimum atomic E-state index is -0.310. The van der Waals surface area contributed by atoms with Crippen LogP contribution in [0.15, 0.2) is 97.3 Å². The van der Waals surface area contributed by atoms with Crippen LogP contribution in [0.3, 0.4) is 0 Å². The maximum Gasteiger partial charge on any atom is 0.146 e. The number of hydrogen-bond acceptors (Lipinski definition) is 3. The molecule has 0 aliphatic heterocycles. The lowest BCUT2D eigenvalue weighted by molar-refractivity contribution is 0.0598. The Morgan fingerprint density at radius 1 is 0.816 bits per heavy atom. The van der Waals surface area contributed by atoms with Crippen LogP contribution in [0.4, 0.5) is 0 Å². The average molecular weight is 503 g/mol. The van der Waals surface area contributed by atoms with Gasteiger partial charge in [-0.15, -0.1) is 0 Å². The lowest BCUT2D eigenvalue weighted by atomic mass is 9.86. The van der Waals surface area contributed by atoms with Gasteiger partial charge in [0, 0.05) is 24.6 Å². The molecule has 0 unspecified atom stereocenters. The molecule has 2 atom stereocenters. The summed E-state index contributed by atoms with van der Waals surface area (Å²) in [4.78, 5) is 5.00. The minimum Gasteiger partial charge on any atom is -0.393 e. The van der Waals surface area contributed by atoms with E-state index in [0.29, 0.717) is 12.0 Å². The molecule has 2 N–H and O–H groups in total. The van der Waals surface area contributed by atoms with E-state index in [4.69, 9.17) is 4.98 Å². The van der Waals surface area contributed by atoms with Gasteiger partial charge in [-0.2, -0.15) is 0 Å². The van der Waals surface area contributed by atoms with Gasteiger partial charge in [-0.1, -0.05) is 104 Å². The van der Waals surface area contributed by atoms with Gasteiger partial charge in [-0.05, 0) is 36.0 Å². The number of aliphatic hydroxyl groups is 1. The Morgan fingerprint density at radius 2 is 1.45 bits per heavy atom. The second kappa shape index (κ2) is 10.8. The van der Waals surface area contributed by atoms with E-state index in [9.17, 15) is 10.5 Å². The van der Waals surface area contributed by atoms with Crippen LogP contribution in [0.1, 0.15) is 31.2 Å². The van der Waals surface area contributed by atoms with Crippen molar-refractivity contribution in [2.24, 2.45) is 5.92 Å². The first-order valence-corrected chi connectivity index (χ1v) is 13.7. The fourth-order valence-corrected chi connectivity index (χ4v) is 5.97. The first-order chi connectivity index (χ1) is 18.7. The molecule has 1 aliphatic carbocycles. The van der Waals surface area contributed by atoms with E-state index in [0.717, 1.165) is 72.1 Å². The van der Waals surface area contributed by atoms with Crippen LogP contribution in [0.2, 0.25) is 0 Å². The third-order valence-electron chi connectivity index (χ3n) is 7.96. The van der Waals surface area contributed by atoms with Crippen molar-refractivity contribution in [2.75, 3.05) is 0 Å². The lowest BCUT2D eigenvalue weighted by Crippen LogP contribution is -2.32. The Labute approximate surface area is 223 Å². The normalized spacial score (nSPS) is 17.6. The standard InChI is InChI=1S/C33H34N4O/c34-32-30-29(25-14-6-2-7-15-25)31(26-16-8-3-9-17-26)37(21-20-24-12-4-1-5-13-24)33(30)35-23-36(32)22-27-18-10-11-19-28(27)38/h1-9,12-17,23,27-28,34,38H,10-11,18-22H2/t27-,28+/m0/s1. The zero-order chi connectivity index (χ0) is 25.9. The summed E-state index contributed by atoms with van der Waals surface area (Å²) in [5.41, 5.74) is 6.92. The molecule has 3 aromatic carbocycles. The fraction of sp³-hybridized carbons (Fsp3) is 0.273. The third kappa shape index (κ3) is 4.70. The highest BCUT2D eigenvalue weighted by Gasteiger charge is 2.26. The van der Waals surface area contributed by atoms with Gasteiger partial charge in [0.1, 0.15) is 11.1 Å². The highest BCUT2D eigenvalue weighted by atomic mass is 16.3. The number of aliphatic hydroxyl groups excluding tert-OH is 1. The summed E-state index contributed by atoms with van der Waals surface area (Å²) in [5, 5.41) is 20.9. The molecule has 0 radical (unpaired) electrons. The maximum absolute atomic E-state index is 10.6. The van der Waals surface area contributed by atoms with Crippen molar-refractivity contribution >= 4 is 11.0 Å². The molecule has 5 nitrogen and oxygen atoms in total. The number of hydrogen-bond donors (Lipinski definition) is 2. The van der Waals surface area contributed by atoms with Crippen LogP contribution in [0.5, 0.6) is 0 Å².